The summed E-state index contributed by atoms with van der Waals surface area (Å²) in [5.41, 5.74) is 1.32. The van der Waals surface area contributed by atoms with Crippen molar-refractivity contribution in [2.75, 3.05) is 32.6 Å². The van der Waals surface area contributed by atoms with Crippen molar-refractivity contribution >= 4 is 10.0 Å². The van der Waals surface area contributed by atoms with E-state index in [1.165, 1.54) is 11.8 Å². The molecule has 5 rings (SSSR count). The van der Waals surface area contributed by atoms with E-state index in [9.17, 15) is 8.42 Å². The van der Waals surface area contributed by atoms with Gasteiger partial charge in [0, 0.05) is 25.2 Å². The van der Waals surface area contributed by atoms with Crippen LogP contribution in [0.4, 0.5) is 0 Å². The normalized spacial score (nSPS) is 32.5. The van der Waals surface area contributed by atoms with Gasteiger partial charge in [0.05, 0.1) is 19.0 Å². The molecule has 1 aromatic rings. The number of rotatable bonds is 2. The van der Waals surface area contributed by atoms with Crippen LogP contribution in [0.3, 0.4) is 0 Å². The van der Waals surface area contributed by atoms with Crippen molar-refractivity contribution in [1.82, 2.24) is 9.62 Å². The standard InChI is InChI=1S/C20H30N2O4S/c1-27(23,24)21-18-10-11-22-12-13-25-20-5-3-2-4-17(20)15-6-8-16(9-7-15)26-14-19(18)22/h2-5,15-16,18-19,21H,6-14H2,1H3/t15-,16+,18-,19-/m0/s1. The minimum Gasteiger partial charge on any atom is -0.492 e. The Bertz CT molecular complexity index is 746. The number of hydrogen-bond acceptors (Lipinski definition) is 5. The molecule has 3 heterocycles. The maximum atomic E-state index is 11.8. The molecule has 1 saturated carbocycles. The zero-order chi connectivity index (χ0) is 18.9. The largest absolute Gasteiger partial charge is 0.492 e. The van der Waals surface area contributed by atoms with Crippen LogP contribution in [0.25, 0.3) is 0 Å². The molecule has 2 fully saturated rings. The maximum absolute atomic E-state index is 11.8. The highest BCUT2D eigenvalue weighted by atomic mass is 32.2. The Kier molecular flexibility index (Phi) is 5.73. The molecule has 0 spiro atoms. The van der Waals surface area contributed by atoms with Crippen LogP contribution < -0.4 is 9.46 Å². The van der Waals surface area contributed by atoms with Crippen LogP contribution in [0.2, 0.25) is 0 Å². The van der Waals surface area contributed by atoms with Crippen molar-refractivity contribution in [3.63, 3.8) is 0 Å². The van der Waals surface area contributed by atoms with E-state index in [4.69, 9.17) is 9.47 Å². The van der Waals surface area contributed by atoms with Gasteiger partial charge in [-0.2, -0.15) is 0 Å². The molecule has 150 valence electrons. The molecule has 7 heteroatoms. The zero-order valence-corrected chi connectivity index (χ0v) is 16.8. The molecular weight excluding hydrogens is 364 g/mol. The van der Waals surface area contributed by atoms with Crippen LogP contribution in [-0.4, -0.2) is 64.1 Å². The molecule has 1 aromatic carbocycles. The number of para-hydroxylation sites is 1. The summed E-state index contributed by atoms with van der Waals surface area (Å²) in [4.78, 5) is 2.32. The molecule has 2 bridgehead atoms. The van der Waals surface area contributed by atoms with E-state index in [0.717, 1.165) is 50.9 Å². The van der Waals surface area contributed by atoms with Crippen LogP contribution in [-0.2, 0) is 14.8 Å². The Hall–Kier alpha value is -1.15. The molecule has 2 atom stereocenters. The number of sulfonamides is 1. The molecule has 0 radical (unpaired) electrons. The highest BCUT2D eigenvalue weighted by Crippen LogP contribution is 2.38. The minimum absolute atomic E-state index is 0.0667. The summed E-state index contributed by atoms with van der Waals surface area (Å²) in [6.07, 6.45) is 6.65. The SMILES string of the molecule is CS(=O)(=O)N[C@H]1CCN2CCOc3ccccc3[C@H]3CC[C@H](CC3)OC[C@@H]12. The van der Waals surface area contributed by atoms with Crippen molar-refractivity contribution in [2.45, 2.75) is 56.2 Å². The van der Waals surface area contributed by atoms with Crippen LogP contribution in [0.15, 0.2) is 24.3 Å². The Labute approximate surface area is 162 Å². The zero-order valence-electron chi connectivity index (χ0n) is 16.0. The van der Waals surface area contributed by atoms with Crippen molar-refractivity contribution < 1.29 is 17.9 Å². The van der Waals surface area contributed by atoms with Gasteiger partial charge < -0.3 is 9.47 Å². The van der Waals surface area contributed by atoms with E-state index in [1.54, 1.807) is 0 Å². The third-order valence-electron chi connectivity index (χ3n) is 6.20. The molecule has 1 aliphatic carbocycles. The lowest BCUT2D eigenvalue weighted by Gasteiger charge is -2.32. The first-order valence-electron chi connectivity index (χ1n) is 10.0. The van der Waals surface area contributed by atoms with Gasteiger partial charge in [0.25, 0.3) is 0 Å². The Morgan fingerprint density at radius 1 is 1.07 bits per heavy atom. The van der Waals surface area contributed by atoms with Crippen LogP contribution >= 0.6 is 0 Å². The van der Waals surface area contributed by atoms with Crippen molar-refractivity contribution in [2.24, 2.45) is 0 Å². The van der Waals surface area contributed by atoms with E-state index >= 15 is 0 Å². The van der Waals surface area contributed by atoms with Gasteiger partial charge in [-0.1, -0.05) is 18.2 Å². The summed E-state index contributed by atoms with van der Waals surface area (Å²) in [5, 5.41) is 0. The molecule has 0 amide bonds. The Morgan fingerprint density at radius 2 is 1.85 bits per heavy atom. The molecule has 0 aromatic heterocycles. The summed E-state index contributed by atoms with van der Waals surface area (Å²) >= 11 is 0. The molecule has 1 saturated heterocycles. The topological polar surface area (TPSA) is 67.9 Å². The highest BCUT2D eigenvalue weighted by molar-refractivity contribution is 7.88. The second-order valence-electron chi connectivity index (χ2n) is 8.08. The third-order valence-corrected chi connectivity index (χ3v) is 6.93. The Morgan fingerprint density at radius 3 is 2.63 bits per heavy atom. The van der Waals surface area contributed by atoms with Gasteiger partial charge in [-0.3, -0.25) is 4.90 Å². The van der Waals surface area contributed by atoms with Crippen molar-refractivity contribution in [3.05, 3.63) is 29.8 Å². The van der Waals surface area contributed by atoms with Crippen LogP contribution in [0.1, 0.15) is 43.6 Å². The molecule has 4 aliphatic rings. The second-order valence-corrected chi connectivity index (χ2v) is 9.86. The van der Waals surface area contributed by atoms with Gasteiger partial charge >= 0.3 is 0 Å². The molecule has 6 nitrogen and oxygen atoms in total. The maximum Gasteiger partial charge on any atom is 0.209 e. The van der Waals surface area contributed by atoms with E-state index in [1.807, 2.05) is 6.07 Å². The van der Waals surface area contributed by atoms with E-state index in [0.29, 0.717) is 19.1 Å². The fraction of sp³-hybridized carbons (Fsp3) is 0.700. The quantitative estimate of drug-likeness (QED) is 0.832. The minimum atomic E-state index is -3.23. The molecule has 0 unspecified atom stereocenters. The third kappa shape index (κ3) is 4.65. The van der Waals surface area contributed by atoms with E-state index in [2.05, 4.69) is 27.8 Å². The highest BCUT2D eigenvalue weighted by Gasteiger charge is 2.37. The molecular formula is C20H30N2O4S. The first-order chi connectivity index (χ1) is 13.0. The average molecular weight is 395 g/mol. The van der Waals surface area contributed by atoms with Gasteiger partial charge in [0.15, 0.2) is 0 Å². The summed E-state index contributed by atoms with van der Waals surface area (Å²) in [6.45, 7) is 2.82. The van der Waals surface area contributed by atoms with Gasteiger partial charge in [0.1, 0.15) is 12.4 Å². The van der Waals surface area contributed by atoms with Gasteiger partial charge in [-0.25, -0.2) is 13.1 Å². The summed E-state index contributed by atoms with van der Waals surface area (Å²) in [6, 6.07) is 8.39. The average Bonchev–Trinajstić information content (AvgIpc) is 3.01. The number of hydrogen-bond donors (Lipinski definition) is 1. The fourth-order valence-corrected chi connectivity index (χ4v) is 5.65. The van der Waals surface area contributed by atoms with Crippen molar-refractivity contribution in [3.8, 4) is 5.75 Å². The second kappa shape index (κ2) is 8.07. The lowest BCUT2D eigenvalue weighted by Crippen LogP contribution is -2.48. The lowest BCUT2D eigenvalue weighted by molar-refractivity contribution is -0.00651. The molecule has 3 aliphatic heterocycles. The Balaban J connectivity index is 1.53. The molecule has 27 heavy (non-hydrogen) atoms. The van der Waals surface area contributed by atoms with E-state index in [-0.39, 0.29) is 18.2 Å². The number of fused-ring (bicyclic) bond motifs is 5. The lowest BCUT2D eigenvalue weighted by atomic mass is 9.82. The van der Waals surface area contributed by atoms with Gasteiger partial charge in [-0.05, 0) is 49.7 Å². The van der Waals surface area contributed by atoms with Crippen LogP contribution in [0, 0.1) is 0 Å². The van der Waals surface area contributed by atoms with Gasteiger partial charge in [0.2, 0.25) is 10.0 Å². The molecule has 1 N–H and O–H groups in total. The summed E-state index contributed by atoms with van der Waals surface area (Å²) < 4.78 is 38.8. The van der Waals surface area contributed by atoms with E-state index < -0.39 is 10.0 Å². The summed E-state index contributed by atoms with van der Waals surface area (Å²) in [7, 11) is -3.23. The number of ether oxygens (including phenoxy) is 2. The fourth-order valence-electron chi connectivity index (χ4n) is 4.83. The van der Waals surface area contributed by atoms with Crippen LogP contribution in [0.5, 0.6) is 5.75 Å². The first kappa shape index (κ1) is 19.2. The monoisotopic (exact) mass is 394 g/mol. The van der Waals surface area contributed by atoms with Gasteiger partial charge in [-0.15, -0.1) is 0 Å². The number of benzene rings is 1. The smallest absolute Gasteiger partial charge is 0.209 e. The van der Waals surface area contributed by atoms with Crippen molar-refractivity contribution in [1.29, 1.82) is 0 Å². The predicted octanol–water partition coefficient (Wildman–Crippen LogP) is 2.11. The number of nitrogens with one attached hydrogen (secondary N) is 1. The summed E-state index contributed by atoms with van der Waals surface area (Å²) in [5.74, 6) is 1.55. The number of nitrogens with zero attached hydrogens (tertiary/aromatic N) is 1. The first-order valence-corrected chi connectivity index (χ1v) is 11.9. The predicted molar refractivity (Wildman–Crippen MR) is 105 cm³/mol.